The third kappa shape index (κ3) is 2.88. The largest absolute Gasteiger partial charge is 0.254 e. The van der Waals surface area contributed by atoms with E-state index in [1.54, 1.807) is 0 Å². The van der Waals surface area contributed by atoms with Crippen LogP contribution in [-0.2, 0) is 0 Å². The number of pyridine rings is 2. The van der Waals surface area contributed by atoms with Gasteiger partial charge in [-0.2, -0.15) is 0 Å². The third-order valence-corrected chi connectivity index (χ3v) is 5.38. The lowest BCUT2D eigenvalue weighted by Crippen LogP contribution is -1.92. The van der Waals surface area contributed by atoms with Crippen LogP contribution in [0.25, 0.3) is 44.1 Å². The van der Waals surface area contributed by atoms with E-state index >= 15 is 0 Å². The molecule has 0 bridgehead atoms. The van der Waals surface area contributed by atoms with Crippen molar-refractivity contribution in [2.75, 3.05) is 0 Å². The average molecular weight is 458 g/mol. The predicted molar refractivity (Wildman–Crippen MR) is 121 cm³/mol. The van der Waals surface area contributed by atoms with Crippen molar-refractivity contribution in [3.05, 3.63) is 94.8 Å². The van der Waals surface area contributed by atoms with Crippen LogP contribution >= 0.6 is 22.6 Å². The van der Waals surface area contributed by atoms with E-state index < -0.39 is 0 Å². The van der Waals surface area contributed by atoms with Gasteiger partial charge in [0.25, 0.3) is 0 Å². The fourth-order valence-electron chi connectivity index (χ4n) is 3.60. The molecule has 2 heterocycles. The normalized spacial score (nSPS) is 11.1. The molecule has 0 N–H and O–H groups in total. The SMILES string of the molecule is Ic1cc(-c2ccccc2)c2ccc3c(-c4ccccc4)ccnc3c2n1. The van der Waals surface area contributed by atoms with Crippen molar-refractivity contribution >= 4 is 44.4 Å². The monoisotopic (exact) mass is 458 g/mol. The first-order chi connectivity index (χ1) is 13.3. The van der Waals surface area contributed by atoms with Crippen molar-refractivity contribution in [2.45, 2.75) is 0 Å². The Morgan fingerprint density at radius 1 is 0.593 bits per heavy atom. The van der Waals surface area contributed by atoms with Crippen molar-refractivity contribution in [1.82, 2.24) is 9.97 Å². The van der Waals surface area contributed by atoms with E-state index in [0.29, 0.717) is 0 Å². The van der Waals surface area contributed by atoms with Crippen LogP contribution in [0.3, 0.4) is 0 Å². The Balaban J connectivity index is 1.86. The molecule has 27 heavy (non-hydrogen) atoms. The summed E-state index contributed by atoms with van der Waals surface area (Å²) in [6.07, 6.45) is 1.88. The quantitative estimate of drug-likeness (QED) is 0.167. The first kappa shape index (κ1) is 16.4. The molecule has 0 spiro atoms. The molecule has 0 saturated carbocycles. The first-order valence-corrected chi connectivity index (χ1v) is 9.88. The second-order valence-electron chi connectivity index (χ2n) is 6.44. The molecule has 0 atom stereocenters. The molecule has 0 unspecified atom stereocenters. The molecule has 0 amide bonds. The van der Waals surface area contributed by atoms with E-state index in [0.717, 1.165) is 25.5 Å². The van der Waals surface area contributed by atoms with Crippen LogP contribution in [0.5, 0.6) is 0 Å². The van der Waals surface area contributed by atoms with Gasteiger partial charge < -0.3 is 0 Å². The summed E-state index contributed by atoms with van der Waals surface area (Å²) in [5.41, 5.74) is 6.67. The molecule has 0 aliphatic carbocycles. The van der Waals surface area contributed by atoms with Crippen LogP contribution in [0.1, 0.15) is 0 Å². The van der Waals surface area contributed by atoms with Crippen LogP contribution < -0.4 is 0 Å². The lowest BCUT2D eigenvalue weighted by molar-refractivity contribution is 1.33. The number of aromatic nitrogens is 2. The summed E-state index contributed by atoms with van der Waals surface area (Å²) in [6.45, 7) is 0. The number of fused-ring (bicyclic) bond motifs is 3. The Kier molecular flexibility index (Phi) is 4.09. The van der Waals surface area contributed by atoms with E-state index in [1.165, 1.54) is 22.3 Å². The van der Waals surface area contributed by atoms with Gasteiger partial charge in [0.15, 0.2) is 0 Å². The van der Waals surface area contributed by atoms with Gasteiger partial charge in [0, 0.05) is 17.0 Å². The molecule has 128 valence electrons. The highest BCUT2D eigenvalue weighted by atomic mass is 127. The summed E-state index contributed by atoms with van der Waals surface area (Å²) < 4.78 is 0.971. The Bertz CT molecular complexity index is 1270. The zero-order valence-electron chi connectivity index (χ0n) is 14.4. The first-order valence-electron chi connectivity index (χ1n) is 8.80. The lowest BCUT2D eigenvalue weighted by Gasteiger charge is -2.12. The minimum absolute atomic E-state index is 0.949. The van der Waals surface area contributed by atoms with Gasteiger partial charge in [-0.25, -0.2) is 4.98 Å². The van der Waals surface area contributed by atoms with Crippen molar-refractivity contribution in [3.8, 4) is 22.3 Å². The second kappa shape index (κ2) is 6.74. The number of rotatable bonds is 2. The highest BCUT2D eigenvalue weighted by Gasteiger charge is 2.13. The van der Waals surface area contributed by atoms with Gasteiger partial charge in [-0.1, -0.05) is 72.8 Å². The maximum absolute atomic E-state index is 4.85. The van der Waals surface area contributed by atoms with Gasteiger partial charge in [-0.15, -0.1) is 0 Å². The van der Waals surface area contributed by atoms with Crippen molar-refractivity contribution in [1.29, 1.82) is 0 Å². The summed E-state index contributed by atoms with van der Waals surface area (Å²) in [5.74, 6) is 0. The fraction of sp³-hybridized carbons (Fsp3) is 0. The van der Waals surface area contributed by atoms with Crippen LogP contribution in [-0.4, -0.2) is 9.97 Å². The summed E-state index contributed by atoms with van der Waals surface area (Å²) in [6, 6.07) is 29.5. The molecule has 0 aliphatic rings. The summed E-state index contributed by atoms with van der Waals surface area (Å²) in [5, 5.41) is 2.26. The molecular formula is C24H15IN2. The van der Waals surface area contributed by atoms with Crippen molar-refractivity contribution in [2.24, 2.45) is 0 Å². The highest BCUT2D eigenvalue weighted by Crippen LogP contribution is 2.35. The Labute approximate surface area is 171 Å². The topological polar surface area (TPSA) is 25.8 Å². The predicted octanol–water partition coefficient (Wildman–Crippen LogP) is 6.72. The number of benzene rings is 3. The molecule has 3 heteroatoms. The summed E-state index contributed by atoms with van der Waals surface area (Å²) in [4.78, 5) is 9.55. The molecule has 0 saturated heterocycles. The maximum atomic E-state index is 4.85. The molecule has 3 aromatic carbocycles. The molecule has 0 radical (unpaired) electrons. The molecule has 2 nitrogen and oxygen atoms in total. The van der Waals surface area contributed by atoms with Crippen LogP contribution in [0.2, 0.25) is 0 Å². The van der Waals surface area contributed by atoms with Gasteiger partial charge in [-0.05, 0) is 57.0 Å². The number of nitrogens with zero attached hydrogens (tertiary/aromatic N) is 2. The van der Waals surface area contributed by atoms with Crippen molar-refractivity contribution < 1.29 is 0 Å². The minimum Gasteiger partial charge on any atom is -0.254 e. The Morgan fingerprint density at radius 2 is 1.19 bits per heavy atom. The van der Waals surface area contributed by atoms with E-state index in [9.17, 15) is 0 Å². The van der Waals surface area contributed by atoms with Crippen LogP contribution in [0.15, 0.2) is 91.1 Å². The summed E-state index contributed by atoms with van der Waals surface area (Å²) in [7, 11) is 0. The van der Waals surface area contributed by atoms with E-state index in [1.807, 2.05) is 18.3 Å². The standard InChI is InChI=1S/C24H15IN2/c25-22-15-21(17-9-5-2-6-10-17)20-12-11-19-18(16-7-3-1-4-8-16)13-14-26-23(19)24(20)27-22/h1-15H. The Morgan fingerprint density at radius 3 is 1.85 bits per heavy atom. The van der Waals surface area contributed by atoms with Gasteiger partial charge in [0.2, 0.25) is 0 Å². The molecule has 0 aliphatic heterocycles. The molecule has 5 rings (SSSR count). The smallest absolute Gasteiger partial charge is 0.102 e. The fourth-order valence-corrected chi connectivity index (χ4v) is 4.15. The van der Waals surface area contributed by atoms with Gasteiger partial charge in [0.05, 0.1) is 11.0 Å². The van der Waals surface area contributed by atoms with E-state index in [-0.39, 0.29) is 0 Å². The highest BCUT2D eigenvalue weighted by molar-refractivity contribution is 14.1. The molecule has 2 aromatic heterocycles. The molecule has 0 fully saturated rings. The van der Waals surface area contributed by atoms with Crippen LogP contribution in [0.4, 0.5) is 0 Å². The molecule has 5 aromatic rings. The summed E-state index contributed by atoms with van der Waals surface area (Å²) >= 11 is 2.29. The average Bonchev–Trinajstić information content (AvgIpc) is 2.74. The zero-order chi connectivity index (χ0) is 18.2. The van der Waals surface area contributed by atoms with Crippen molar-refractivity contribution in [3.63, 3.8) is 0 Å². The molecular weight excluding hydrogens is 443 g/mol. The van der Waals surface area contributed by atoms with Gasteiger partial charge >= 0.3 is 0 Å². The Hall–Kier alpha value is -2.79. The number of halogens is 1. The lowest BCUT2D eigenvalue weighted by atomic mass is 9.97. The van der Waals surface area contributed by atoms with Gasteiger partial charge in [-0.3, -0.25) is 4.98 Å². The maximum Gasteiger partial charge on any atom is 0.102 e. The van der Waals surface area contributed by atoms with Crippen LogP contribution in [0, 0.1) is 3.70 Å². The number of hydrogen-bond acceptors (Lipinski definition) is 2. The zero-order valence-corrected chi connectivity index (χ0v) is 16.6. The third-order valence-electron chi connectivity index (χ3n) is 4.83. The van der Waals surface area contributed by atoms with E-state index in [4.69, 9.17) is 9.97 Å². The number of hydrogen-bond donors (Lipinski definition) is 0. The van der Waals surface area contributed by atoms with E-state index in [2.05, 4.69) is 95.4 Å². The minimum atomic E-state index is 0.949. The second-order valence-corrected chi connectivity index (χ2v) is 7.55. The van der Waals surface area contributed by atoms with Gasteiger partial charge in [0.1, 0.15) is 3.70 Å².